The lowest BCUT2D eigenvalue weighted by Crippen LogP contribution is -2.49. The van der Waals surface area contributed by atoms with Gasteiger partial charge in [0, 0.05) is 53.8 Å². The molecular weight excluding hydrogens is 406 g/mol. The molecule has 0 saturated carbocycles. The summed E-state index contributed by atoms with van der Waals surface area (Å²) in [7, 11) is 0. The maximum Gasteiger partial charge on any atom is 0.410 e. The summed E-state index contributed by atoms with van der Waals surface area (Å²) in [4.78, 5) is 20.9. The first kappa shape index (κ1) is 23.5. The third-order valence-corrected chi connectivity index (χ3v) is 5.09. The molecule has 0 aromatic heterocycles. The molecule has 0 bridgehead atoms. The molecule has 0 N–H and O–H groups in total. The van der Waals surface area contributed by atoms with Gasteiger partial charge in [0.05, 0.1) is 0 Å². The summed E-state index contributed by atoms with van der Waals surface area (Å²) in [5.74, 6) is 0. The van der Waals surface area contributed by atoms with Gasteiger partial charge in [0.25, 0.3) is 0 Å². The molecule has 1 heterocycles. The van der Waals surface area contributed by atoms with Crippen molar-refractivity contribution in [3.8, 4) is 0 Å². The number of rotatable bonds is 5. The molecule has 0 aromatic rings. The monoisotopic (exact) mass is 439 g/mol. The number of carbonyl (C=O) groups is 1. The molecular formula is C21H34BrN3O2. The Hall–Kier alpha value is -1.56. The van der Waals surface area contributed by atoms with Crippen LogP contribution < -0.4 is 0 Å². The Bertz CT molecular complexity index is 634. The van der Waals surface area contributed by atoms with Crippen LogP contribution in [-0.4, -0.2) is 53.4 Å². The van der Waals surface area contributed by atoms with Gasteiger partial charge in [0.15, 0.2) is 0 Å². The van der Waals surface area contributed by atoms with Crippen molar-refractivity contribution < 1.29 is 9.53 Å². The van der Waals surface area contributed by atoms with Gasteiger partial charge in [-0.05, 0) is 48.0 Å². The van der Waals surface area contributed by atoms with Gasteiger partial charge in [-0.15, -0.1) is 0 Å². The summed E-state index contributed by atoms with van der Waals surface area (Å²) in [6, 6.07) is 0. The first-order valence-corrected chi connectivity index (χ1v) is 10.4. The van der Waals surface area contributed by atoms with E-state index in [9.17, 15) is 4.79 Å². The van der Waals surface area contributed by atoms with E-state index in [1.165, 1.54) is 0 Å². The quantitative estimate of drug-likeness (QED) is 0.419. The highest BCUT2D eigenvalue weighted by Crippen LogP contribution is 2.25. The van der Waals surface area contributed by atoms with E-state index < -0.39 is 5.60 Å². The maximum absolute atomic E-state index is 12.3. The molecule has 0 aliphatic carbocycles. The average molecular weight is 440 g/mol. The van der Waals surface area contributed by atoms with Crippen LogP contribution in [0.3, 0.4) is 0 Å². The third kappa shape index (κ3) is 7.53. The van der Waals surface area contributed by atoms with Gasteiger partial charge in [-0.2, -0.15) is 0 Å². The molecule has 0 atom stereocenters. The normalized spacial score (nSPS) is 18.1. The maximum atomic E-state index is 12.3. The number of amides is 1. The van der Waals surface area contributed by atoms with Crippen LogP contribution in [0.5, 0.6) is 0 Å². The molecule has 1 saturated heterocycles. The smallest absolute Gasteiger partial charge is 0.410 e. The van der Waals surface area contributed by atoms with E-state index in [-0.39, 0.29) is 6.09 Å². The number of hydrogen-bond donors (Lipinski definition) is 0. The molecule has 1 aliphatic rings. The van der Waals surface area contributed by atoms with Crippen LogP contribution in [0.2, 0.25) is 0 Å². The van der Waals surface area contributed by atoms with Gasteiger partial charge in [-0.3, -0.25) is 4.99 Å². The Morgan fingerprint density at radius 3 is 2.19 bits per heavy atom. The van der Waals surface area contributed by atoms with Gasteiger partial charge in [0.2, 0.25) is 0 Å². The average Bonchev–Trinajstić information content (AvgIpc) is 2.60. The van der Waals surface area contributed by atoms with Gasteiger partial charge >= 0.3 is 6.09 Å². The number of hydrogen-bond acceptors (Lipinski definition) is 4. The Morgan fingerprint density at radius 1 is 1.15 bits per heavy atom. The fourth-order valence-corrected chi connectivity index (χ4v) is 3.37. The summed E-state index contributed by atoms with van der Waals surface area (Å²) in [5, 5.41) is 0. The summed E-state index contributed by atoms with van der Waals surface area (Å²) >= 11 is 3.68. The van der Waals surface area contributed by atoms with Crippen LogP contribution in [0, 0.1) is 0 Å². The lowest BCUT2D eigenvalue weighted by molar-refractivity contribution is 0.0168. The molecule has 1 amide bonds. The lowest BCUT2D eigenvalue weighted by atomic mass is 10.1. The summed E-state index contributed by atoms with van der Waals surface area (Å²) in [6.45, 7) is 16.8. The van der Waals surface area contributed by atoms with Crippen molar-refractivity contribution >= 4 is 27.7 Å². The first-order valence-electron chi connectivity index (χ1n) is 9.56. The Balaban J connectivity index is 2.94. The fraction of sp³-hybridized carbons (Fsp3) is 0.619. The van der Waals surface area contributed by atoms with E-state index in [1.807, 2.05) is 53.0 Å². The first-order chi connectivity index (χ1) is 12.6. The van der Waals surface area contributed by atoms with Crippen LogP contribution >= 0.6 is 15.9 Å². The minimum atomic E-state index is -0.465. The zero-order chi connectivity index (χ0) is 20.6. The zero-order valence-electron chi connectivity index (χ0n) is 17.8. The number of allylic oxidation sites excluding steroid dienone is 5. The minimum absolute atomic E-state index is 0.235. The van der Waals surface area contributed by atoms with Gasteiger partial charge < -0.3 is 14.5 Å². The van der Waals surface area contributed by atoms with Crippen LogP contribution in [-0.2, 0) is 4.74 Å². The standard InChI is InChI=1S/C21H34BrN3O2/c1-8-10-11-23-16(3)19(18(22)9-2)17(4)24-12-14-25(15-13-24)20(26)27-21(5,6)7/h9-11H,8,12-15H2,1-7H3/b11-10+,18-9+,19-17-,23-16+. The van der Waals surface area contributed by atoms with E-state index in [0.29, 0.717) is 13.1 Å². The van der Waals surface area contributed by atoms with E-state index in [4.69, 9.17) is 4.74 Å². The number of aliphatic imine (C=N–C) groups is 1. The fourth-order valence-electron chi connectivity index (χ4n) is 2.80. The van der Waals surface area contributed by atoms with Crippen molar-refractivity contribution in [2.45, 2.75) is 60.5 Å². The predicted molar refractivity (Wildman–Crippen MR) is 117 cm³/mol. The molecule has 0 spiro atoms. The molecule has 1 fully saturated rings. The van der Waals surface area contributed by atoms with Gasteiger partial charge in [0.1, 0.15) is 5.60 Å². The summed E-state index contributed by atoms with van der Waals surface area (Å²) in [5.41, 5.74) is 2.77. The molecule has 1 rings (SSSR count). The lowest BCUT2D eigenvalue weighted by Gasteiger charge is -2.38. The molecule has 0 radical (unpaired) electrons. The van der Waals surface area contributed by atoms with Crippen molar-refractivity contribution in [2.75, 3.05) is 26.2 Å². The van der Waals surface area contributed by atoms with E-state index in [2.05, 4.69) is 39.7 Å². The molecule has 6 heteroatoms. The third-order valence-electron chi connectivity index (χ3n) is 4.23. The molecule has 0 aromatic carbocycles. The van der Waals surface area contributed by atoms with Crippen LogP contribution in [0.25, 0.3) is 0 Å². The van der Waals surface area contributed by atoms with E-state index in [0.717, 1.165) is 41.0 Å². The zero-order valence-corrected chi connectivity index (χ0v) is 19.4. The number of ether oxygens (including phenoxy) is 1. The van der Waals surface area contributed by atoms with Crippen molar-refractivity contribution in [3.05, 3.63) is 34.1 Å². The van der Waals surface area contributed by atoms with Crippen LogP contribution in [0.4, 0.5) is 4.79 Å². The molecule has 1 aliphatic heterocycles. The predicted octanol–water partition coefficient (Wildman–Crippen LogP) is 5.50. The molecule has 27 heavy (non-hydrogen) atoms. The van der Waals surface area contributed by atoms with Crippen molar-refractivity contribution in [1.29, 1.82) is 0 Å². The Morgan fingerprint density at radius 2 is 1.70 bits per heavy atom. The second kappa shape index (κ2) is 10.7. The Kier molecular flexibility index (Phi) is 9.30. The summed E-state index contributed by atoms with van der Waals surface area (Å²) < 4.78 is 6.51. The second-order valence-electron chi connectivity index (χ2n) is 7.56. The van der Waals surface area contributed by atoms with Gasteiger partial charge in [-0.25, -0.2) is 4.79 Å². The second-order valence-corrected chi connectivity index (χ2v) is 8.41. The largest absolute Gasteiger partial charge is 0.444 e. The number of carbonyl (C=O) groups excluding carboxylic acids is 1. The number of nitrogens with zero attached hydrogens (tertiary/aromatic N) is 3. The van der Waals surface area contributed by atoms with Crippen molar-refractivity contribution in [3.63, 3.8) is 0 Å². The molecule has 152 valence electrons. The number of piperazine rings is 1. The van der Waals surface area contributed by atoms with Crippen molar-refractivity contribution in [1.82, 2.24) is 9.80 Å². The topological polar surface area (TPSA) is 45.1 Å². The van der Waals surface area contributed by atoms with E-state index >= 15 is 0 Å². The van der Waals surface area contributed by atoms with Crippen LogP contribution in [0.15, 0.2) is 39.1 Å². The van der Waals surface area contributed by atoms with Crippen LogP contribution in [0.1, 0.15) is 54.9 Å². The number of halogens is 1. The molecule has 5 nitrogen and oxygen atoms in total. The van der Waals surface area contributed by atoms with Gasteiger partial charge in [-0.1, -0.05) is 35.0 Å². The Labute approximate surface area is 173 Å². The highest BCUT2D eigenvalue weighted by Gasteiger charge is 2.27. The van der Waals surface area contributed by atoms with E-state index in [1.54, 1.807) is 4.90 Å². The SMILES string of the molecule is C\C=C(Br)/C(=C(/C)N1CCN(C(=O)OC(C)(C)C)CC1)C(/C)=N/C=C/CC. The summed E-state index contributed by atoms with van der Waals surface area (Å²) in [6.07, 6.45) is 6.67. The van der Waals surface area contributed by atoms with Crippen molar-refractivity contribution in [2.24, 2.45) is 4.99 Å². The minimum Gasteiger partial charge on any atom is -0.444 e. The highest BCUT2D eigenvalue weighted by atomic mass is 79.9. The highest BCUT2D eigenvalue weighted by molar-refractivity contribution is 9.12. The molecule has 0 unspecified atom stereocenters.